The van der Waals surface area contributed by atoms with Gasteiger partial charge in [0.25, 0.3) is 0 Å². The van der Waals surface area contributed by atoms with Gasteiger partial charge in [0.1, 0.15) is 5.69 Å². The largest absolute Gasteiger partial charge is 0.389 e. The van der Waals surface area contributed by atoms with Gasteiger partial charge < -0.3 is 9.84 Å². The zero-order chi connectivity index (χ0) is 14.7. The minimum atomic E-state index is -0.427. The zero-order valence-electron chi connectivity index (χ0n) is 11.9. The smallest absolute Gasteiger partial charge is 0.178 e. The van der Waals surface area contributed by atoms with Crippen molar-refractivity contribution in [1.29, 1.82) is 0 Å². The van der Waals surface area contributed by atoms with Crippen molar-refractivity contribution >= 4 is 0 Å². The lowest BCUT2D eigenvalue weighted by Gasteiger charge is -2.25. The number of aromatic nitrogens is 3. The summed E-state index contributed by atoms with van der Waals surface area (Å²) in [7, 11) is 1.97. The molecule has 0 amide bonds. The molecule has 0 aliphatic carbocycles. The SMILES string of the molecule is CN(Cc1cnc(-c2ccccn2)nc1)[C@@H]1COC[C@H]1O. The molecule has 0 unspecified atom stereocenters. The van der Waals surface area contributed by atoms with Crippen LogP contribution in [0, 0.1) is 0 Å². The Morgan fingerprint density at radius 1 is 1.24 bits per heavy atom. The molecule has 0 bridgehead atoms. The topological polar surface area (TPSA) is 71.4 Å². The summed E-state index contributed by atoms with van der Waals surface area (Å²) >= 11 is 0. The third-order valence-corrected chi connectivity index (χ3v) is 3.62. The minimum absolute atomic E-state index is 0.0282. The van der Waals surface area contributed by atoms with E-state index < -0.39 is 6.10 Å². The Morgan fingerprint density at radius 2 is 2.05 bits per heavy atom. The van der Waals surface area contributed by atoms with E-state index in [9.17, 15) is 5.11 Å². The van der Waals surface area contributed by atoms with Crippen LogP contribution < -0.4 is 0 Å². The highest BCUT2D eigenvalue weighted by atomic mass is 16.5. The fourth-order valence-electron chi connectivity index (χ4n) is 2.42. The summed E-state index contributed by atoms with van der Waals surface area (Å²) in [6.45, 7) is 1.64. The molecule has 0 spiro atoms. The number of rotatable bonds is 4. The van der Waals surface area contributed by atoms with E-state index in [0.717, 1.165) is 11.3 Å². The molecule has 6 nitrogen and oxygen atoms in total. The van der Waals surface area contributed by atoms with Crippen molar-refractivity contribution in [2.75, 3.05) is 20.3 Å². The molecule has 1 aliphatic rings. The molecule has 0 aromatic carbocycles. The first-order valence-electron chi connectivity index (χ1n) is 6.92. The van der Waals surface area contributed by atoms with E-state index in [2.05, 4.69) is 19.9 Å². The van der Waals surface area contributed by atoms with Crippen LogP contribution in [0.1, 0.15) is 5.56 Å². The first kappa shape index (κ1) is 14.1. The summed E-state index contributed by atoms with van der Waals surface area (Å²) in [6.07, 6.45) is 4.90. The van der Waals surface area contributed by atoms with Gasteiger partial charge in [0.15, 0.2) is 5.82 Å². The van der Waals surface area contributed by atoms with Crippen molar-refractivity contribution in [2.24, 2.45) is 0 Å². The molecule has 1 N–H and O–H groups in total. The van der Waals surface area contributed by atoms with Crippen molar-refractivity contribution in [3.8, 4) is 11.5 Å². The molecule has 3 rings (SSSR count). The van der Waals surface area contributed by atoms with Gasteiger partial charge in [-0.15, -0.1) is 0 Å². The molecule has 3 heterocycles. The maximum Gasteiger partial charge on any atom is 0.178 e. The Morgan fingerprint density at radius 3 is 2.67 bits per heavy atom. The number of ether oxygens (including phenoxy) is 1. The van der Waals surface area contributed by atoms with Crippen LogP contribution in [0.3, 0.4) is 0 Å². The predicted molar refractivity (Wildman–Crippen MR) is 77.3 cm³/mol. The fraction of sp³-hybridized carbons (Fsp3) is 0.400. The van der Waals surface area contributed by atoms with Crippen molar-refractivity contribution < 1.29 is 9.84 Å². The minimum Gasteiger partial charge on any atom is -0.389 e. The number of pyridine rings is 1. The van der Waals surface area contributed by atoms with Gasteiger partial charge in [-0.25, -0.2) is 9.97 Å². The summed E-state index contributed by atoms with van der Waals surface area (Å²) in [5.41, 5.74) is 1.76. The van der Waals surface area contributed by atoms with E-state index in [1.54, 1.807) is 18.6 Å². The van der Waals surface area contributed by atoms with Gasteiger partial charge in [0.2, 0.25) is 0 Å². The lowest BCUT2D eigenvalue weighted by molar-refractivity contribution is 0.0924. The van der Waals surface area contributed by atoms with Gasteiger partial charge in [0.05, 0.1) is 25.4 Å². The number of hydrogen-bond donors (Lipinski definition) is 1. The molecule has 110 valence electrons. The Balaban J connectivity index is 1.67. The van der Waals surface area contributed by atoms with Crippen LogP contribution in [-0.2, 0) is 11.3 Å². The van der Waals surface area contributed by atoms with E-state index in [4.69, 9.17) is 4.74 Å². The molecule has 0 saturated carbocycles. The first-order chi connectivity index (χ1) is 10.2. The number of aliphatic hydroxyl groups is 1. The van der Waals surface area contributed by atoms with Crippen molar-refractivity contribution in [2.45, 2.75) is 18.7 Å². The molecule has 2 atom stereocenters. The average Bonchev–Trinajstić information content (AvgIpc) is 2.95. The molecular formula is C15H18N4O2. The second kappa shape index (κ2) is 6.26. The van der Waals surface area contributed by atoms with E-state index in [0.29, 0.717) is 25.6 Å². The molecule has 2 aromatic rings. The fourth-order valence-corrected chi connectivity index (χ4v) is 2.42. The van der Waals surface area contributed by atoms with E-state index in [1.165, 1.54) is 0 Å². The maximum atomic E-state index is 9.82. The van der Waals surface area contributed by atoms with E-state index in [1.807, 2.05) is 25.2 Å². The summed E-state index contributed by atoms with van der Waals surface area (Å²) in [5.74, 6) is 0.617. The van der Waals surface area contributed by atoms with Crippen molar-refractivity contribution in [3.05, 3.63) is 42.4 Å². The zero-order valence-corrected chi connectivity index (χ0v) is 11.9. The molecular weight excluding hydrogens is 268 g/mol. The second-order valence-electron chi connectivity index (χ2n) is 5.22. The van der Waals surface area contributed by atoms with E-state index in [-0.39, 0.29) is 6.04 Å². The first-order valence-corrected chi connectivity index (χ1v) is 6.92. The molecule has 2 aromatic heterocycles. The highest BCUT2D eigenvalue weighted by molar-refractivity contribution is 5.47. The molecule has 0 radical (unpaired) electrons. The van der Waals surface area contributed by atoms with Crippen LogP contribution in [0.25, 0.3) is 11.5 Å². The van der Waals surface area contributed by atoms with Crippen LogP contribution in [0.4, 0.5) is 0 Å². The molecule has 1 saturated heterocycles. The molecule has 6 heteroatoms. The average molecular weight is 286 g/mol. The summed E-state index contributed by atoms with van der Waals surface area (Å²) in [5, 5.41) is 9.82. The summed E-state index contributed by atoms with van der Waals surface area (Å²) in [4.78, 5) is 15.0. The van der Waals surface area contributed by atoms with E-state index >= 15 is 0 Å². The van der Waals surface area contributed by atoms with Crippen LogP contribution in [0.15, 0.2) is 36.8 Å². The third kappa shape index (κ3) is 3.24. The third-order valence-electron chi connectivity index (χ3n) is 3.62. The Bertz CT molecular complexity index is 576. The van der Waals surface area contributed by atoms with Gasteiger partial charge in [-0.05, 0) is 19.2 Å². The lowest BCUT2D eigenvalue weighted by Crippen LogP contribution is -2.39. The standard InChI is InChI=1S/C15H18N4O2/c1-19(13-9-21-10-14(13)20)8-11-6-17-15(18-7-11)12-4-2-3-5-16-12/h2-7,13-14,20H,8-10H2,1H3/t13-,14-/m1/s1. The van der Waals surface area contributed by atoms with Crippen LogP contribution in [0.5, 0.6) is 0 Å². The molecule has 21 heavy (non-hydrogen) atoms. The lowest BCUT2D eigenvalue weighted by atomic mass is 10.2. The number of likely N-dealkylation sites (N-methyl/N-ethyl adjacent to an activating group) is 1. The predicted octanol–water partition coefficient (Wildman–Crippen LogP) is 0.730. The summed E-state index contributed by atoms with van der Waals surface area (Å²) in [6, 6.07) is 5.68. The maximum absolute atomic E-state index is 9.82. The summed E-state index contributed by atoms with van der Waals surface area (Å²) < 4.78 is 5.27. The number of aliphatic hydroxyl groups excluding tert-OH is 1. The normalized spacial score (nSPS) is 21.9. The van der Waals surface area contributed by atoms with Crippen LogP contribution in [0.2, 0.25) is 0 Å². The van der Waals surface area contributed by atoms with Gasteiger partial charge in [-0.2, -0.15) is 0 Å². The van der Waals surface area contributed by atoms with Gasteiger partial charge >= 0.3 is 0 Å². The van der Waals surface area contributed by atoms with Gasteiger partial charge in [-0.1, -0.05) is 6.07 Å². The Labute approximate surface area is 123 Å². The van der Waals surface area contributed by atoms with Crippen LogP contribution in [-0.4, -0.2) is 57.4 Å². The van der Waals surface area contributed by atoms with Gasteiger partial charge in [0, 0.05) is 30.7 Å². The molecule has 1 aliphatic heterocycles. The Kier molecular flexibility index (Phi) is 4.19. The monoisotopic (exact) mass is 286 g/mol. The van der Waals surface area contributed by atoms with Gasteiger partial charge in [-0.3, -0.25) is 9.88 Å². The van der Waals surface area contributed by atoms with Crippen molar-refractivity contribution in [1.82, 2.24) is 19.9 Å². The van der Waals surface area contributed by atoms with Crippen LogP contribution >= 0.6 is 0 Å². The quantitative estimate of drug-likeness (QED) is 0.893. The van der Waals surface area contributed by atoms with Crippen molar-refractivity contribution in [3.63, 3.8) is 0 Å². The number of hydrogen-bond acceptors (Lipinski definition) is 6. The molecule has 1 fully saturated rings. The second-order valence-corrected chi connectivity index (χ2v) is 5.22. The highest BCUT2D eigenvalue weighted by Crippen LogP contribution is 2.15. The Hall–Kier alpha value is -1.89. The number of nitrogens with zero attached hydrogens (tertiary/aromatic N) is 4. The highest BCUT2D eigenvalue weighted by Gasteiger charge is 2.29.